The van der Waals surface area contributed by atoms with E-state index in [1.165, 1.54) is 40.5 Å². The molecule has 7 heteroatoms. The van der Waals surface area contributed by atoms with Crippen molar-refractivity contribution in [2.75, 3.05) is 4.90 Å². The third kappa shape index (κ3) is 3.17. The van der Waals surface area contributed by atoms with Crippen LogP contribution in [0.1, 0.15) is 27.6 Å². The van der Waals surface area contributed by atoms with Gasteiger partial charge in [-0.1, -0.05) is 12.1 Å². The van der Waals surface area contributed by atoms with Crippen LogP contribution in [0, 0.1) is 19.7 Å². The molecule has 0 saturated carbocycles. The molecule has 0 spiro atoms. The molecule has 2 N–H and O–H groups in total. The van der Waals surface area contributed by atoms with E-state index in [0.29, 0.717) is 10.4 Å². The number of carbonyl (C=O) groups is 2. The molecule has 1 atom stereocenters. The lowest BCUT2D eigenvalue weighted by Crippen LogP contribution is -2.29. The molecule has 4 rings (SSSR count). The number of Topliss-reactive ketones (excluding diaryl/α,β-unsaturated/α-hetero) is 1. The number of hydrogen-bond donors (Lipinski definition) is 2. The molecular weight excluding hydrogens is 405 g/mol. The summed E-state index contributed by atoms with van der Waals surface area (Å²) in [7, 11) is 0. The van der Waals surface area contributed by atoms with Crippen molar-refractivity contribution >= 4 is 34.5 Å². The first-order valence-corrected chi connectivity index (χ1v) is 10.1. The Balaban J connectivity index is 1.96. The van der Waals surface area contributed by atoms with Gasteiger partial charge < -0.3 is 10.2 Å². The molecule has 2 aromatic carbocycles. The number of ketones is 1. The van der Waals surface area contributed by atoms with Crippen LogP contribution in [0.4, 0.5) is 10.1 Å². The third-order valence-electron chi connectivity index (χ3n) is 5.08. The molecule has 3 aromatic rings. The van der Waals surface area contributed by atoms with Gasteiger partial charge in [-0.25, -0.2) is 4.39 Å². The van der Waals surface area contributed by atoms with Gasteiger partial charge in [-0.2, -0.15) is 0 Å². The molecular formula is C23H18FNO4S. The molecule has 1 aromatic heterocycles. The number of benzene rings is 2. The summed E-state index contributed by atoms with van der Waals surface area (Å²) in [5.41, 5.74) is 1.42. The van der Waals surface area contributed by atoms with Crippen LogP contribution in [0.15, 0.2) is 59.5 Å². The number of aromatic hydroxyl groups is 1. The summed E-state index contributed by atoms with van der Waals surface area (Å²) in [6, 6.07) is 11.4. The van der Waals surface area contributed by atoms with Gasteiger partial charge >= 0.3 is 0 Å². The lowest BCUT2D eigenvalue weighted by molar-refractivity contribution is -0.132. The molecule has 2 heterocycles. The van der Waals surface area contributed by atoms with Gasteiger partial charge in [0.15, 0.2) is 0 Å². The highest BCUT2D eigenvalue weighted by atomic mass is 32.1. The second-order valence-electron chi connectivity index (χ2n) is 7.14. The van der Waals surface area contributed by atoms with Crippen molar-refractivity contribution in [2.45, 2.75) is 19.9 Å². The Morgan fingerprint density at radius 3 is 2.53 bits per heavy atom. The Hall–Kier alpha value is -3.45. The standard InChI is InChI=1S/C23H18FNO4S/c1-12-5-8-17(26)16(10-12)25-20(18-4-3-9-30-18)19(22(28)23(25)29)21(27)14-6-7-15(24)13(2)11-14/h3-11,20,26-27H,1-2H3/b21-19-. The van der Waals surface area contributed by atoms with Gasteiger partial charge in [0.25, 0.3) is 11.7 Å². The first-order valence-electron chi connectivity index (χ1n) is 9.20. The molecule has 1 unspecified atom stereocenters. The van der Waals surface area contributed by atoms with Gasteiger partial charge in [-0.15, -0.1) is 11.3 Å². The number of halogens is 1. The highest BCUT2D eigenvalue weighted by Crippen LogP contribution is 2.46. The van der Waals surface area contributed by atoms with Crippen molar-refractivity contribution in [1.29, 1.82) is 0 Å². The number of aliphatic hydroxyl groups excluding tert-OH is 1. The second kappa shape index (κ2) is 7.42. The van der Waals surface area contributed by atoms with Crippen molar-refractivity contribution in [3.05, 3.63) is 86.9 Å². The second-order valence-corrected chi connectivity index (χ2v) is 8.12. The van der Waals surface area contributed by atoms with Gasteiger partial charge in [-0.05, 0) is 66.8 Å². The number of anilines is 1. The molecule has 5 nitrogen and oxygen atoms in total. The summed E-state index contributed by atoms with van der Waals surface area (Å²) in [4.78, 5) is 27.9. The molecule has 1 saturated heterocycles. The van der Waals surface area contributed by atoms with E-state index in [2.05, 4.69) is 0 Å². The van der Waals surface area contributed by atoms with Gasteiger partial charge in [-0.3, -0.25) is 14.5 Å². The topological polar surface area (TPSA) is 77.8 Å². The smallest absolute Gasteiger partial charge is 0.300 e. The van der Waals surface area contributed by atoms with Crippen LogP contribution in [-0.2, 0) is 9.59 Å². The van der Waals surface area contributed by atoms with E-state index >= 15 is 0 Å². The molecule has 30 heavy (non-hydrogen) atoms. The molecule has 0 bridgehead atoms. The van der Waals surface area contributed by atoms with Crippen molar-refractivity contribution in [2.24, 2.45) is 0 Å². The average Bonchev–Trinajstić information content (AvgIpc) is 3.33. The molecule has 0 aliphatic carbocycles. The predicted molar refractivity (Wildman–Crippen MR) is 113 cm³/mol. The van der Waals surface area contributed by atoms with Crippen LogP contribution >= 0.6 is 11.3 Å². The number of nitrogens with zero attached hydrogens (tertiary/aromatic N) is 1. The maximum Gasteiger partial charge on any atom is 0.300 e. The number of phenols is 1. The van der Waals surface area contributed by atoms with Gasteiger partial charge in [0.1, 0.15) is 23.4 Å². The third-order valence-corrected chi connectivity index (χ3v) is 6.00. The molecule has 1 aliphatic rings. The first-order chi connectivity index (χ1) is 14.3. The van der Waals surface area contributed by atoms with Gasteiger partial charge in [0, 0.05) is 10.4 Å². The molecule has 152 valence electrons. The van der Waals surface area contributed by atoms with E-state index in [9.17, 15) is 24.2 Å². The number of rotatable bonds is 3. The lowest BCUT2D eigenvalue weighted by atomic mass is 9.98. The van der Waals surface area contributed by atoms with Crippen LogP contribution < -0.4 is 4.90 Å². The normalized spacial score (nSPS) is 18.2. The van der Waals surface area contributed by atoms with E-state index in [1.54, 1.807) is 43.5 Å². The number of thiophene rings is 1. The van der Waals surface area contributed by atoms with Crippen molar-refractivity contribution < 1.29 is 24.2 Å². The van der Waals surface area contributed by atoms with Gasteiger partial charge in [0.05, 0.1) is 11.3 Å². The predicted octanol–water partition coefficient (Wildman–Crippen LogP) is 4.84. The van der Waals surface area contributed by atoms with Crippen LogP contribution in [0.25, 0.3) is 5.76 Å². The van der Waals surface area contributed by atoms with E-state index in [-0.39, 0.29) is 28.3 Å². The van der Waals surface area contributed by atoms with E-state index < -0.39 is 23.5 Å². The molecule has 1 fully saturated rings. The SMILES string of the molecule is Cc1ccc(O)c(N2C(=O)C(=O)/C(=C(\O)c3ccc(F)c(C)c3)C2c2cccs2)c1. The van der Waals surface area contributed by atoms with Crippen molar-refractivity contribution in [3.63, 3.8) is 0 Å². The van der Waals surface area contributed by atoms with E-state index in [0.717, 1.165) is 5.56 Å². The highest BCUT2D eigenvalue weighted by Gasteiger charge is 2.48. The minimum atomic E-state index is -0.914. The number of phenolic OH excluding ortho intramolecular Hbond substituents is 1. The average molecular weight is 423 g/mol. The maximum atomic E-state index is 13.7. The van der Waals surface area contributed by atoms with Crippen molar-refractivity contribution in [3.8, 4) is 5.75 Å². The molecule has 1 amide bonds. The monoisotopic (exact) mass is 423 g/mol. The number of amides is 1. The van der Waals surface area contributed by atoms with Crippen LogP contribution in [0.5, 0.6) is 5.75 Å². The summed E-state index contributed by atoms with van der Waals surface area (Å²) in [6.07, 6.45) is 0. The fourth-order valence-electron chi connectivity index (χ4n) is 3.57. The van der Waals surface area contributed by atoms with E-state index in [1.807, 2.05) is 0 Å². The minimum absolute atomic E-state index is 0.102. The number of aryl methyl sites for hydroxylation is 2. The zero-order valence-electron chi connectivity index (χ0n) is 16.2. The van der Waals surface area contributed by atoms with Crippen LogP contribution in [0.2, 0.25) is 0 Å². The Labute approximate surface area is 176 Å². The summed E-state index contributed by atoms with van der Waals surface area (Å²) < 4.78 is 13.7. The summed E-state index contributed by atoms with van der Waals surface area (Å²) in [6.45, 7) is 3.35. The largest absolute Gasteiger partial charge is 0.507 e. The first kappa shape index (κ1) is 19.8. The Kier molecular flexibility index (Phi) is 4.91. The summed E-state index contributed by atoms with van der Waals surface area (Å²) in [5.74, 6) is -2.69. The summed E-state index contributed by atoms with van der Waals surface area (Å²) in [5, 5.41) is 23.2. The number of aliphatic hydroxyl groups is 1. The highest BCUT2D eigenvalue weighted by molar-refractivity contribution is 7.10. The summed E-state index contributed by atoms with van der Waals surface area (Å²) >= 11 is 1.32. The Bertz CT molecular complexity index is 1200. The zero-order valence-corrected chi connectivity index (χ0v) is 17.0. The molecule has 1 aliphatic heterocycles. The van der Waals surface area contributed by atoms with Crippen LogP contribution in [0.3, 0.4) is 0 Å². The van der Waals surface area contributed by atoms with Gasteiger partial charge in [0.2, 0.25) is 0 Å². The fourth-order valence-corrected chi connectivity index (χ4v) is 4.39. The van der Waals surface area contributed by atoms with Crippen molar-refractivity contribution in [1.82, 2.24) is 0 Å². The minimum Gasteiger partial charge on any atom is -0.507 e. The van der Waals surface area contributed by atoms with Crippen LogP contribution in [-0.4, -0.2) is 21.9 Å². The maximum absolute atomic E-state index is 13.7. The Morgan fingerprint density at radius 1 is 1.10 bits per heavy atom. The Morgan fingerprint density at radius 2 is 1.87 bits per heavy atom. The molecule has 0 radical (unpaired) electrons. The fraction of sp³-hybridized carbons (Fsp3) is 0.130. The number of carbonyl (C=O) groups excluding carboxylic acids is 2. The zero-order chi connectivity index (χ0) is 21.6. The quantitative estimate of drug-likeness (QED) is 0.359. The number of hydrogen-bond acceptors (Lipinski definition) is 5. The lowest BCUT2D eigenvalue weighted by Gasteiger charge is -2.25. The van der Waals surface area contributed by atoms with E-state index in [4.69, 9.17) is 0 Å².